The quantitative estimate of drug-likeness (QED) is 0.826. The van der Waals surface area contributed by atoms with Crippen LogP contribution < -0.4 is 5.32 Å². The van der Waals surface area contributed by atoms with E-state index >= 15 is 0 Å². The predicted molar refractivity (Wildman–Crippen MR) is 84.8 cm³/mol. The second kappa shape index (κ2) is 7.24. The molecular formula is C18H29NO. The van der Waals surface area contributed by atoms with Crippen molar-refractivity contribution in [1.82, 2.24) is 5.32 Å². The fourth-order valence-corrected chi connectivity index (χ4v) is 3.18. The highest BCUT2D eigenvalue weighted by Crippen LogP contribution is 2.35. The molecule has 0 aromatic heterocycles. The van der Waals surface area contributed by atoms with Gasteiger partial charge in [0.1, 0.15) is 0 Å². The van der Waals surface area contributed by atoms with Gasteiger partial charge < -0.3 is 10.4 Å². The van der Waals surface area contributed by atoms with Crippen LogP contribution in [0.1, 0.15) is 63.0 Å². The number of aliphatic hydroxyl groups is 1. The van der Waals surface area contributed by atoms with Gasteiger partial charge in [0.2, 0.25) is 0 Å². The summed E-state index contributed by atoms with van der Waals surface area (Å²) < 4.78 is 0. The van der Waals surface area contributed by atoms with Gasteiger partial charge >= 0.3 is 0 Å². The van der Waals surface area contributed by atoms with E-state index in [1.807, 2.05) is 0 Å². The standard InChI is InChI=1S/C18H29NO/c1-15(2)17-8-6-16(7-9-17)12-19-13-18(14-20)10-4-3-5-11-18/h6-9,15,19-20H,3-5,10-14H2,1-2H3. The van der Waals surface area contributed by atoms with Crippen molar-refractivity contribution in [2.24, 2.45) is 5.41 Å². The zero-order chi connectivity index (χ0) is 14.4. The molecule has 1 aromatic carbocycles. The van der Waals surface area contributed by atoms with Crippen molar-refractivity contribution in [3.05, 3.63) is 35.4 Å². The van der Waals surface area contributed by atoms with Crippen LogP contribution in [0, 0.1) is 5.41 Å². The van der Waals surface area contributed by atoms with Crippen molar-refractivity contribution < 1.29 is 5.11 Å². The minimum absolute atomic E-state index is 0.135. The monoisotopic (exact) mass is 275 g/mol. The van der Waals surface area contributed by atoms with E-state index in [0.29, 0.717) is 12.5 Å². The summed E-state index contributed by atoms with van der Waals surface area (Å²) in [5.41, 5.74) is 2.86. The highest BCUT2D eigenvalue weighted by molar-refractivity contribution is 5.24. The van der Waals surface area contributed by atoms with Crippen LogP contribution in [0.25, 0.3) is 0 Å². The predicted octanol–water partition coefficient (Wildman–Crippen LogP) is 3.84. The molecule has 0 radical (unpaired) electrons. The van der Waals surface area contributed by atoms with Crippen molar-refractivity contribution in [3.63, 3.8) is 0 Å². The van der Waals surface area contributed by atoms with Crippen LogP contribution in [0.3, 0.4) is 0 Å². The Morgan fingerprint density at radius 1 is 1.10 bits per heavy atom. The molecule has 1 aliphatic rings. The highest BCUT2D eigenvalue weighted by atomic mass is 16.3. The third-order valence-corrected chi connectivity index (χ3v) is 4.73. The molecule has 2 nitrogen and oxygen atoms in total. The highest BCUT2D eigenvalue weighted by Gasteiger charge is 2.30. The zero-order valence-electron chi connectivity index (χ0n) is 13.0. The summed E-state index contributed by atoms with van der Waals surface area (Å²) in [4.78, 5) is 0. The Morgan fingerprint density at radius 2 is 1.75 bits per heavy atom. The summed E-state index contributed by atoms with van der Waals surface area (Å²) in [6.45, 7) is 6.62. The molecular weight excluding hydrogens is 246 g/mol. The van der Waals surface area contributed by atoms with Gasteiger partial charge in [-0.2, -0.15) is 0 Å². The fourth-order valence-electron chi connectivity index (χ4n) is 3.18. The lowest BCUT2D eigenvalue weighted by molar-refractivity contribution is 0.0810. The first-order valence-electron chi connectivity index (χ1n) is 8.06. The van der Waals surface area contributed by atoms with Crippen molar-refractivity contribution in [1.29, 1.82) is 0 Å². The molecule has 1 saturated carbocycles. The van der Waals surface area contributed by atoms with Gasteiger partial charge in [0, 0.05) is 25.1 Å². The van der Waals surface area contributed by atoms with Crippen LogP contribution >= 0.6 is 0 Å². The number of hydrogen-bond donors (Lipinski definition) is 2. The van der Waals surface area contributed by atoms with E-state index < -0.39 is 0 Å². The van der Waals surface area contributed by atoms with Crippen LogP contribution in [0.15, 0.2) is 24.3 Å². The molecule has 2 rings (SSSR count). The van der Waals surface area contributed by atoms with Crippen LogP contribution in [0.2, 0.25) is 0 Å². The molecule has 2 heteroatoms. The molecule has 0 bridgehead atoms. The van der Waals surface area contributed by atoms with Crippen LogP contribution in [0.5, 0.6) is 0 Å². The molecule has 0 unspecified atom stereocenters. The molecule has 112 valence electrons. The van der Waals surface area contributed by atoms with Crippen LogP contribution in [0.4, 0.5) is 0 Å². The van der Waals surface area contributed by atoms with E-state index in [1.54, 1.807) is 0 Å². The maximum atomic E-state index is 9.70. The van der Waals surface area contributed by atoms with Crippen molar-refractivity contribution in [3.8, 4) is 0 Å². The number of aliphatic hydroxyl groups excluding tert-OH is 1. The summed E-state index contributed by atoms with van der Waals surface area (Å²) in [7, 11) is 0. The van der Waals surface area contributed by atoms with E-state index in [9.17, 15) is 5.11 Å². The van der Waals surface area contributed by atoms with Crippen LogP contribution in [-0.4, -0.2) is 18.3 Å². The number of hydrogen-bond acceptors (Lipinski definition) is 2. The Kier molecular flexibility index (Phi) is 5.62. The molecule has 0 heterocycles. The SMILES string of the molecule is CC(C)c1ccc(CNCC2(CO)CCCCC2)cc1. The van der Waals surface area contributed by atoms with Crippen molar-refractivity contribution in [2.45, 2.75) is 58.4 Å². The van der Waals surface area contributed by atoms with Gasteiger partial charge in [0.15, 0.2) is 0 Å². The molecule has 1 aliphatic carbocycles. The summed E-state index contributed by atoms with van der Waals surface area (Å²) in [6, 6.07) is 8.89. The third kappa shape index (κ3) is 4.07. The topological polar surface area (TPSA) is 32.3 Å². The smallest absolute Gasteiger partial charge is 0.0499 e. The molecule has 0 atom stereocenters. The summed E-state index contributed by atoms with van der Waals surface area (Å²) in [6.07, 6.45) is 6.21. The molecule has 2 N–H and O–H groups in total. The largest absolute Gasteiger partial charge is 0.396 e. The zero-order valence-corrected chi connectivity index (χ0v) is 13.0. The molecule has 0 saturated heterocycles. The summed E-state index contributed by atoms with van der Waals surface area (Å²) in [5.74, 6) is 0.594. The minimum atomic E-state index is 0.135. The Hall–Kier alpha value is -0.860. The molecule has 0 amide bonds. The van der Waals surface area contributed by atoms with E-state index in [-0.39, 0.29) is 5.41 Å². The first kappa shape index (κ1) is 15.5. The van der Waals surface area contributed by atoms with Gasteiger partial charge in [0.25, 0.3) is 0 Å². The summed E-state index contributed by atoms with van der Waals surface area (Å²) in [5, 5.41) is 13.2. The van der Waals surface area contributed by atoms with Gasteiger partial charge in [0.05, 0.1) is 0 Å². The second-order valence-corrected chi connectivity index (χ2v) is 6.72. The Morgan fingerprint density at radius 3 is 2.30 bits per heavy atom. The van der Waals surface area contributed by atoms with E-state index in [1.165, 1.54) is 43.2 Å². The first-order valence-corrected chi connectivity index (χ1v) is 8.06. The molecule has 20 heavy (non-hydrogen) atoms. The normalized spacial score (nSPS) is 18.4. The molecule has 0 aliphatic heterocycles. The average Bonchev–Trinajstić information content (AvgIpc) is 2.49. The molecule has 1 aromatic rings. The number of nitrogens with one attached hydrogen (secondary N) is 1. The van der Waals surface area contributed by atoms with Crippen molar-refractivity contribution >= 4 is 0 Å². The molecule has 0 spiro atoms. The van der Waals surface area contributed by atoms with E-state index in [2.05, 4.69) is 43.4 Å². The molecule has 1 fully saturated rings. The lowest BCUT2D eigenvalue weighted by Gasteiger charge is -2.35. The summed E-state index contributed by atoms with van der Waals surface area (Å²) >= 11 is 0. The number of rotatable bonds is 6. The van der Waals surface area contributed by atoms with Gasteiger partial charge in [-0.3, -0.25) is 0 Å². The first-order chi connectivity index (χ1) is 9.65. The minimum Gasteiger partial charge on any atom is -0.396 e. The van der Waals surface area contributed by atoms with E-state index in [0.717, 1.165) is 13.1 Å². The lowest BCUT2D eigenvalue weighted by Crippen LogP contribution is -2.38. The Balaban J connectivity index is 1.82. The van der Waals surface area contributed by atoms with Crippen LogP contribution in [-0.2, 0) is 6.54 Å². The fraction of sp³-hybridized carbons (Fsp3) is 0.667. The Bertz CT molecular complexity index is 390. The van der Waals surface area contributed by atoms with Gasteiger partial charge in [-0.15, -0.1) is 0 Å². The maximum Gasteiger partial charge on any atom is 0.0499 e. The van der Waals surface area contributed by atoms with Gasteiger partial charge in [-0.1, -0.05) is 57.4 Å². The number of benzene rings is 1. The van der Waals surface area contributed by atoms with Gasteiger partial charge in [-0.05, 0) is 29.9 Å². The average molecular weight is 275 g/mol. The van der Waals surface area contributed by atoms with Crippen molar-refractivity contribution in [2.75, 3.05) is 13.2 Å². The van der Waals surface area contributed by atoms with E-state index in [4.69, 9.17) is 0 Å². The second-order valence-electron chi connectivity index (χ2n) is 6.72. The van der Waals surface area contributed by atoms with Gasteiger partial charge in [-0.25, -0.2) is 0 Å². The maximum absolute atomic E-state index is 9.70. The Labute approximate surface area is 123 Å². The third-order valence-electron chi connectivity index (χ3n) is 4.73. The lowest BCUT2D eigenvalue weighted by atomic mass is 9.74.